The van der Waals surface area contributed by atoms with Gasteiger partial charge in [-0.05, 0) is 57.5 Å². The Bertz CT molecular complexity index is 887. The molecule has 0 radical (unpaired) electrons. The summed E-state index contributed by atoms with van der Waals surface area (Å²) in [6.45, 7) is 7.58. The first kappa shape index (κ1) is 24.1. The van der Waals surface area contributed by atoms with Crippen molar-refractivity contribution in [3.8, 4) is 11.5 Å². The molecule has 0 aromatic heterocycles. The first-order valence-corrected chi connectivity index (χ1v) is 10.5. The van der Waals surface area contributed by atoms with E-state index >= 15 is 0 Å². The molecular weight excluding hydrogens is 398 g/mol. The van der Waals surface area contributed by atoms with Gasteiger partial charge in [0.2, 0.25) is 5.91 Å². The second kappa shape index (κ2) is 11.9. The predicted molar refractivity (Wildman–Crippen MR) is 120 cm³/mol. The van der Waals surface area contributed by atoms with Crippen molar-refractivity contribution in [1.29, 1.82) is 0 Å². The molecule has 0 heterocycles. The standard InChI is InChI=1S/C23H31N3O5/c1-5-30-21-11-10-18(14-22(21)31-6-2)12-13-24-23(27)16-25(4)17(3)19-8-7-9-20(15-19)26(28)29/h7-11,14-15,17H,5-6,12-13,16H2,1-4H3,(H,24,27)/t17-/m1/s1. The van der Waals surface area contributed by atoms with Crippen molar-refractivity contribution in [2.75, 3.05) is 33.4 Å². The summed E-state index contributed by atoms with van der Waals surface area (Å²) >= 11 is 0. The van der Waals surface area contributed by atoms with E-state index in [0.29, 0.717) is 37.7 Å². The van der Waals surface area contributed by atoms with Crippen LogP contribution in [0.2, 0.25) is 0 Å². The maximum absolute atomic E-state index is 12.4. The van der Waals surface area contributed by atoms with Crippen LogP contribution in [0.3, 0.4) is 0 Å². The van der Waals surface area contributed by atoms with E-state index in [9.17, 15) is 14.9 Å². The summed E-state index contributed by atoms with van der Waals surface area (Å²) in [4.78, 5) is 24.8. The fourth-order valence-corrected chi connectivity index (χ4v) is 3.17. The molecule has 1 amide bonds. The lowest BCUT2D eigenvalue weighted by atomic mass is 10.1. The summed E-state index contributed by atoms with van der Waals surface area (Å²) in [5.74, 6) is 1.32. The summed E-state index contributed by atoms with van der Waals surface area (Å²) in [6.07, 6.45) is 0.669. The number of carbonyl (C=O) groups is 1. The van der Waals surface area contributed by atoms with Crippen molar-refractivity contribution in [1.82, 2.24) is 10.2 Å². The molecule has 0 saturated carbocycles. The number of hydrogen-bond donors (Lipinski definition) is 1. The van der Waals surface area contributed by atoms with Crippen LogP contribution in [-0.4, -0.2) is 49.1 Å². The van der Waals surface area contributed by atoms with Gasteiger partial charge in [-0.2, -0.15) is 0 Å². The van der Waals surface area contributed by atoms with E-state index in [1.165, 1.54) is 6.07 Å². The fraction of sp³-hybridized carbons (Fsp3) is 0.435. The number of amides is 1. The Balaban J connectivity index is 1.87. The van der Waals surface area contributed by atoms with Gasteiger partial charge in [0.05, 0.1) is 24.7 Å². The van der Waals surface area contributed by atoms with Crippen LogP contribution < -0.4 is 14.8 Å². The van der Waals surface area contributed by atoms with Crippen LogP contribution in [0.4, 0.5) is 5.69 Å². The highest BCUT2D eigenvalue weighted by molar-refractivity contribution is 5.78. The number of likely N-dealkylation sites (N-methyl/N-ethyl adjacent to an activating group) is 1. The molecule has 0 spiro atoms. The molecule has 2 aromatic rings. The minimum atomic E-state index is -0.416. The molecule has 0 saturated heterocycles. The molecule has 0 unspecified atom stereocenters. The smallest absolute Gasteiger partial charge is 0.269 e. The lowest BCUT2D eigenvalue weighted by molar-refractivity contribution is -0.384. The van der Waals surface area contributed by atoms with Crippen molar-refractivity contribution in [3.63, 3.8) is 0 Å². The Kier molecular flexibility index (Phi) is 9.27. The first-order chi connectivity index (χ1) is 14.8. The molecule has 8 heteroatoms. The molecule has 2 rings (SSSR count). The first-order valence-electron chi connectivity index (χ1n) is 10.5. The zero-order chi connectivity index (χ0) is 22.8. The molecule has 0 aliphatic carbocycles. The third-order valence-corrected chi connectivity index (χ3v) is 4.96. The van der Waals surface area contributed by atoms with E-state index in [1.807, 2.05) is 57.0 Å². The van der Waals surface area contributed by atoms with Gasteiger partial charge in [0.25, 0.3) is 5.69 Å². The van der Waals surface area contributed by atoms with Crippen molar-refractivity contribution >= 4 is 11.6 Å². The number of nitro groups is 1. The van der Waals surface area contributed by atoms with E-state index in [0.717, 1.165) is 11.1 Å². The van der Waals surface area contributed by atoms with Crippen LogP contribution >= 0.6 is 0 Å². The minimum absolute atomic E-state index is 0.0454. The summed E-state index contributed by atoms with van der Waals surface area (Å²) in [6, 6.07) is 12.2. The van der Waals surface area contributed by atoms with Crippen LogP contribution in [0.15, 0.2) is 42.5 Å². The molecule has 1 N–H and O–H groups in total. The highest BCUT2D eigenvalue weighted by Crippen LogP contribution is 2.28. The quantitative estimate of drug-likeness (QED) is 0.408. The van der Waals surface area contributed by atoms with Crippen molar-refractivity contribution in [2.45, 2.75) is 33.2 Å². The van der Waals surface area contributed by atoms with E-state index in [4.69, 9.17) is 9.47 Å². The number of nitrogens with zero attached hydrogens (tertiary/aromatic N) is 2. The van der Waals surface area contributed by atoms with Gasteiger partial charge in [0.15, 0.2) is 11.5 Å². The fourth-order valence-electron chi connectivity index (χ4n) is 3.17. The van der Waals surface area contributed by atoms with E-state index in [-0.39, 0.29) is 24.2 Å². The predicted octanol–water partition coefficient (Wildman–Crippen LogP) is 3.74. The van der Waals surface area contributed by atoms with Crippen LogP contribution in [-0.2, 0) is 11.2 Å². The van der Waals surface area contributed by atoms with Crippen LogP contribution in [0.5, 0.6) is 11.5 Å². The SMILES string of the molecule is CCOc1ccc(CCNC(=O)CN(C)[C@H](C)c2cccc([N+](=O)[O-])c2)cc1OCC. The third kappa shape index (κ3) is 7.25. The van der Waals surface area contributed by atoms with Crippen LogP contribution in [0, 0.1) is 10.1 Å². The molecule has 8 nitrogen and oxygen atoms in total. The summed E-state index contributed by atoms with van der Waals surface area (Å²) in [7, 11) is 1.82. The molecule has 0 bridgehead atoms. The summed E-state index contributed by atoms with van der Waals surface area (Å²) < 4.78 is 11.2. The second-order valence-corrected chi connectivity index (χ2v) is 7.19. The summed E-state index contributed by atoms with van der Waals surface area (Å²) in [5.41, 5.74) is 1.89. The number of nitrogens with one attached hydrogen (secondary N) is 1. The third-order valence-electron chi connectivity index (χ3n) is 4.96. The van der Waals surface area contributed by atoms with Gasteiger partial charge in [-0.25, -0.2) is 0 Å². The number of non-ortho nitro benzene ring substituents is 1. The zero-order valence-corrected chi connectivity index (χ0v) is 18.6. The van der Waals surface area contributed by atoms with E-state index in [1.54, 1.807) is 12.1 Å². The number of hydrogen-bond acceptors (Lipinski definition) is 6. The highest BCUT2D eigenvalue weighted by atomic mass is 16.6. The van der Waals surface area contributed by atoms with Crippen molar-refractivity contribution in [3.05, 3.63) is 63.7 Å². The van der Waals surface area contributed by atoms with Gasteiger partial charge in [0.1, 0.15) is 0 Å². The Morgan fingerprint density at radius 3 is 2.52 bits per heavy atom. The Morgan fingerprint density at radius 1 is 1.13 bits per heavy atom. The number of carbonyl (C=O) groups excluding carboxylic acids is 1. The van der Waals surface area contributed by atoms with Gasteiger partial charge >= 0.3 is 0 Å². The molecular formula is C23H31N3O5. The average molecular weight is 430 g/mol. The number of nitro benzene ring substituents is 1. The van der Waals surface area contributed by atoms with Crippen molar-refractivity contribution < 1.29 is 19.2 Å². The van der Waals surface area contributed by atoms with Crippen molar-refractivity contribution in [2.24, 2.45) is 0 Å². The van der Waals surface area contributed by atoms with E-state index < -0.39 is 4.92 Å². The highest BCUT2D eigenvalue weighted by Gasteiger charge is 2.17. The monoisotopic (exact) mass is 429 g/mol. The Morgan fingerprint density at radius 2 is 1.84 bits per heavy atom. The average Bonchev–Trinajstić information content (AvgIpc) is 2.75. The zero-order valence-electron chi connectivity index (χ0n) is 18.6. The second-order valence-electron chi connectivity index (χ2n) is 7.19. The van der Waals surface area contributed by atoms with E-state index in [2.05, 4.69) is 5.32 Å². The van der Waals surface area contributed by atoms with Crippen LogP contribution in [0.1, 0.15) is 37.9 Å². The normalized spacial score (nSPS) is 11.8. The molecule has 1 atom stereocenters. The number of benzene rings is 2. The molecule has 2 aromatic carbocycles. The summed E-state index contributed by atoms with van der Waals surface area (Å²) in [5, 5.41) is 13.9. The lowest BCUT2D eigenvalue weighted by Crippen LogP contribution is -2.37. The topological polar surface area (TPSA) is 93.9 Å². The van der Waals surface area contributed by atoms with Gasteiger partial charge in [0, 0.05) is 24.7 Å². The Labute approximate surface area is 183 Å². The molecule has 168 valence electrons. The maximum Gasteiger partial charge on any atom is 0.269 e. The molecule has 0 aliphatic rings. The molecule has 31 heavy (non-hydrogen) atoms. The van der Waals surface area contributed by atoms with Crippen LogP contribution in [0.25, 0.3) is 0 Å². The molecule has 0 fully saturated rings. The van der Waals surface area contributed by atoms with Gasteiger partial charge in [-0.1, -0.05) is 18.2 Å². The largest absolute Gasteiger partial charge is 0.490 e. The lowest BCUT2D eigenvalue weighted by Gasteiger charge is -2.24. The van der Waals surface area contributed by atoms with Gasteiger partial charge < -0.3 is 14.8 Å². The minimum Gasteiger partial charge on any atom is -0.490 e. The van der Waals surface area contributed by atoms with Gasteiger partial charge in [-0.3, -0.25) is 19.8 Å². The number of rotatable bonds is 12. The maximum atomic E-state index is 12.4. The Hall–Kier alpha value is -3.13. The van der Waals surface area contributed by atoms with Gasteiger partial charge in [-0.15, -0.1) is 0 Å². The molecule has 0 aliphatic heterocycles. The number of ether oxygens (including phenoxy) is 2.